The largest absolute Gasteiger partial charge is 0.507 e. The van der Waals surface area contributed by atoms with Crippen LogP contribution in [0.1, 0.15) is 45.6 Å². The van der Waals surface area contributed by atoms with E-state index in [4.69, 9.17) is 9.47 Å². The number of hydrogen-bond acceptors (Lipinski definition) is 10. The minimum Gasteiger partial charge on any atom is -0.507 e. The van der Waals surface area contributed by atoms with Crippen LogP contribution < -0.4 is 9.64 Å². The van der Waals surface area contributed by atoms with Crippen molar-refractivity contribution >= 4 is 51.6 Å². The highest BCUT2D eigenvalue weighted by atomic mass is 32.2. The minimum absolute atomic E-state index is 0.0150. The van der Waals surface area contributed by atoms with Gasteiger partial charge in [-0.1, -0.05) is 47.4 Å². The van der Waals surface area contributed by atoms with Gasteiger partial charge in [-0.2, -0.15) is 0 Å². The Balaban J connectivity index is 1.39. The Morgan fingerprint density at radius 1 is 1.09 bits per heavy atom. The molecule has 1 aromatic heterocycles. The number of anilines is 1. The molecule has 9 nitrogen and oxygen atoms in total. The van der Waals surface area contributed by atoms with Crippen molar-refractivity contribution in [3.8, 4) is 5.75 Å². The molecule has 218 valence electrons. The lowest BCUT2D eigenvalue weighted by Gasteiger charge is -2.22. The lowest BCUT2D eigenvalue weighted by Crippen LogP contribution is -2.29. The van der Waals surface area contributed by atoms with Gasteiger partial charge in [0, 0.05) is 17.7 Å². The highest BCUT2D eigenvalue weighted by Crippen LogP contribution is 2.44. The highest BCUT2D eigenvalue weighted by Gasteiger charge is 2.48. The predicted molar refractivity (Wildman–Crippen MR) is 159 cm³/mol. The lowest BCUT2D eigenvalue weighted by molar-refractivity contribution is -0.132. The average molecular weight is 618 g/mol. The summed E-state index contributed by atoms with van der Waals surface area (Å²) >= 11 is 2.48. The van der Waals surface area contributed by atoms with Gasteiger partial charge in [0.1, 0.15) is 23.4 Å². The molecule has 2 atom stereocenters. The molecule has 0 saturated carbocycles. The van der Waals surface area contributed by atoms with Crippen LogP contribution in [0.5, 0.6) is 5.75 Å². The van der Waals surface area contributed by atoms with Crippen molar-refractivity contribution in [3.05, 3.63) is 106 Å². The maximum absolute atomic E-state index is 13.6. The number of ketones is 1. The van der Waals surface area contributed by atoms with Gasteiger partial charge >= 0.3 is 11.9 Å². The number of carbonyl (C=O) groups excluding carboxylic acids is 3. The van der Waals surface area contributed by atoms with Crippen LogP contribution in [-0.4, -0.2) is 46.2 Å². The molecule has 0 unspecified atom stereocenters. The molecule has 3 heterocycles. The van der Waals surface area contributed by atoms with E-state index in [1.54, 1.807) is 42.5 Å². The molecule has 43 heavy (non-hydrogen) atoms. The number of carbonyl (C=O) groups is 3. The maximum Gasteiger partial charge on any atom is 0.337 e. The first-order valence-electron chi connectivity index (χ1n) is 13.2. The summed E-state index contributed by atoms with van der Waals surface area (Å²) in [7, 11) is 1.27. The number of fused-ring (bicyclic) bond motifs is 1. The summed E-state index contributed by atoms with van der Waals surface area (Å²) in [5.74, 6) is -1.74. The number of methoxy groups -OCH3 is 1. The Morgan fingerprint density at radius 2 is 1.81 bits per heavy atom. The van der Waals surface area contributed by atoms with Crippen molar-refractivity contribution in [2.45, 2.75) is 35.6 Å². The molecule has 2 aliphatic heterocycles. The standard InChI is InChI=1S/C31H24FN3O6S2/c1-16-13-21-14-20(9-12-23(21)41-16)26(36)24-25(18-5-7-19(8-6-18)29(39)40-2)35(28(38)27(24)37)30-33-34-31(43-30)42-15-17-3-10-22(32)11-4-17/h3-12,14,16,25,36H,13,15H2,1-2H3/t16-,25+/m1/s1. The Morgan fingerprint density at radius 3 is 2.53 bits per heavy atom. The molecular formula is C31H24FN3O6S2. The average Bonchev–Trinajstić information content (AvgIpc) is 3.71. The Labute approximate surface area is 254 Å². The summed E-state index contributed by atoms with van der Waals surface area (Å²) < 4.78 is 24.4. The van der Waals surface area contributed by atoms with E-state index in [0.717, 1.165) is 22.5 Å². The molecule has 12 heteroatoms. The van der Waals surface area contributed by atoms with Gasteiger partial charge in [-0.05, 0) is 66.1 Å². The molecule has 0 bridgehead atoms. The number of thioether (sulfide) groups is 1. The summed E-state index contributed by atoms with van der Waals surface area (Å²) in [6.07, 6.45) is 0.630. The van der Waals surface area contributed by atoms with Crippen molar-refractivity contribution in [1.29, 1.82) is 0 Å². The van der Waals surface area contributed by atoms with Crippen molar-refractivity contribution in [3.63, 3.8) is 0 Å². The second-order valence-electron chi connectivity index (χ2n) is 10.0. The van der Waals surface area contributed by atoms with Crippen LogP contribution in [0.2, 0.25) is 0 Å². The zero-order valence-electron chi connectivity index (χ0n) is 22.9. The molecule has 0 spiro atoms. The van der Waals surface area contributed by atoms with Gasteiger partial charge in [0.25, 0.3) is 5.78 Å². The van der Waals surface area contributed by atoms with Crippen LogP contribution >= 0.6 is 23.1 Å². The van der Waals surface area contributed by atoms with Gasteiger partial charge in [-0.15, -0.1) is 10.2 Å². The van der Waals surface area contributed by atoms with Crippen LogP contribution in [0.25, 0.3) is 5.76 Å². The number of hydrogen-bond donors (Lipinski definition) is 1. The number of aliphatic hydroxyl groups excluding tert-OH is 1. The fraction of sp³-hybridized carbons (Fsp3) is 0.194. The van der Waals surface area contributed by atoms with E-state index in [9.17, 15) is 23.9 Å². The summed E-state index contributed by atoms with van der Waals surface area (Å²) in [5, 5.41) is 20.1. The van der Waals surface area contributed by atoms with E-state index in [1.807, 2.05) is 6.92 Å². The number of Topliss-reactive ketones (excluding diaryl/α,β-unsaturated/α-hetero) is 1. The summed E-state index contributed by atoms with van der Waals surface area (Å²) in [6.45, 7) is 1.94. The quantitative estimate of drug-likeness (QED) is 0.0695. The zero-order chi connectivity index (χ0) is 30.2. The first kappa shape index (κ1) is 28.6. The number of halogens is 1. The summed E-state index contributed by atoms with van der Waals surface area (Å²) in [6, 6.07) is 16.5. The maximum atomic E-state index is 13.6. The second kappa shape index (κ2) is 11.6. The summed E-state index contributed by atoms with van der Waals surface area (Å²) in [4.78, 5) is 40.4. The fourth-order valence-corrected chi connectivity index (χ4v) is 6.90. The number of aromatic nitrogens is 2. The third-order valence-electron chi connectivity index (χ3n) is 7.14. The monoisotopic (exact) mass is 617 g/mol. The molecule has 3 aromatic carbocycles. The number of rotatable bonds is 7. The molecule has 4 aromatic rings. The number of ether oxygens (including phenoxy) is 2. The van der Waals surface area contributed by atoms with Gasteiger partial charge in [0.05, 0.1) is 24.3 Å². The van der Waals surface area contributed by atoms with Crippen LogP contribution in [0.4, 0.5) is 9.52 Å². The van der Waals surface area contributed by atoms with E-state index in [2.05, 4.69) is 10.2 Å². The van der Waals surface area contributed by atoms with Crippen molar-refractivity contribution in [2.24, 2.45) is 0 Å². The Bertz CT molecular complexity index is 1770. The molecule has 0 radical (unpaired) electrons. The van der Waals surface area contributed by atoms with Crippen LogP contribution in [0.3, 0.4) is 0 Å². The van der Waals surface area contributed by atoms with Crippen LogP contribution in [0.15, 0.2) is 76.6 Å². The number of amides is 1. The van der Waals surface area contributed by atoms with E-state index in [-0.39, 0.29) is 33.9 Å². The third kappa shape index (κ3) is 5.51. The second-order valence-corrected chi connectivity index (χ2v) is 12.2. The van der Waals surface area contributed by atoms with Gasteiger partial charge in [-0.3, -0.25) is 14.5 Å². The number of esters is 1. The predicted octanol–water partition coefficient (Wildman–Crippen LogP) is 5.71. The van der Waals surface area contributed by atoms with Crippen LogP contribution in [0, 0.1) is 5.82 Å². The highest BCUT2D eigenvalue weighted by molar-refractivity contribution is 8.00. The summed E-state index contributed by atoms with van der Waals surface area (Å²) in [5.41, 5.74) is 2.78. The molecule has 1 saturated heterocycles. The molecule has 1 N–H and O–H groups in total. The smallest absolute Gasteiger partial charge is 0.337 e. The normalized spacial score (nSPS) is 18.9. The van der Waals surface area contributed by atoms with E-state index >= 15 is 0 Å². The van der Waals surface area contributed by atoms with Crippen molar-refractivity contribution in [1.82, 2.24) is 10.2 Å². The Hall–Kier alpha value is -4.55. The van der Waals surface area contributed by atoms with Gasteiger partial charge in [-0.25, -0.2) is 9.18 Å². The first-order chi connectivity index (χ1) is 20.7. The first-order valence-corrected chi connectivity index (χ1v) is 15.0. The zero-order valence-corrected chi connectivity index (χ0v) is 24.6. The molecule has 1 fully saturated rings. The molecular weight excluding hydrogens is 593 g/mol. The topological polar surface area (TPSA) is 119 Å². The minimum atomic E-state index is -1.04. The number of nitrogens with zero attached hydrogens (tertiary/aromatic N) is 3. The van der Waals surface area contributed by atoms with Gasteiger partial charge in [0.15, 0.2) is 4.34 Å². The number of aliphatic hydroxyl groups is 1. The Kier molecular flexibility index (Phi) is 7.72. The third-order valence-corrected chi connectivity index (χ3v) is 9.27. The van der Waals surface area contributed by atoms with Crippen molar-refractivity contribution < 1.29 is 33.4 Å². The van der Waals surface area contributed by atoms with E-state index in [1.165, 1.54) is 48.0 Å². The lowest BCUT2D eigenvalue weighted by atomic mass is 9.94. The van der Waals surface area contributed by atoms with Gasteiger partial charge < -0.3 is 14.6 Å². The SMILES string of the molecule is COC(=O)c1ccc([C@H]2C(=C(O)c3ccc4c(c3)C[C@@H](C)O4)C(=O)C(=O)N2c2nnc(SCc3ccc(F)cc3)s2)cc1. The van der Waals surface area contributed by atoms with E-state index in [0.29, 0.717) is 33.4 Å². The molecule has 1 amide bonds. The van der Waals surface area contributed by atoms with E-state index < -0.39 is 23.7 Å². The van der Waals surface area contributed by atoms with Crippen molar-refractivity contribution in [2.75, 3.05) is 12.0 Å². The molecule has 6 rings (SSSR count). The van der Waals surface area contributed by atoms with Gasteiger partial charge in [0.2, 0.25) is 5.13 Å². The molecule has 2 aliphatic rings. The fourth-order valence-electron chi connectivity index (χ4n) is 5.07. The number of benzene rings is 3. The molecule has 0 aliphatic carbocycles. The van der Waals surface area contributed by atoms with Crippen LogP contribution in [-0.2, 0) is 26.5 Å².